The first-order chi connectivity index (χ1) is 8.31. The molecule has 0 saturated carbocycles. The third-order valence-corrected chi connectivity index (χ3v) is 2.42. The Hall–Kier alpha value is -1.10. The number of aliphatic carboxylic acids is 1. The van der Waals surface area contributed by atoms with E-state index in [1.807, 2.05) is 20.8 Å². The molecule has 0 fully saturated rings. The molecule has 0 aliphatic carbocycles. The minimum atomic E-state index is -0.739. The molecule has 0 aromatic heterocycles. The van der Waals surface area contributed by atoms with Crippen LogP contribution in [0, 0.1) is 0 Å². The quantitative estimate of drug-likeness (QED) is 0.548. The minimum absolute atomic E-state index is 0.00969. The Morgan fingerprint density at radius 1 is 1.06 bits per heavy atom. The molecular formula is C13H26N2O3. The highest BCUT2D eigenvalue weighted by Gasteiger charge is 2.10. The van der Waals surface area contributed by atoms with Gasteiger partial charge in [-0.1, -0.05) is 12.8 Å². The summed E-state index contributed by atoms with van der Waals surface area (Å²) in [5.41, 5.74) is -0.0474. The van der Waals surface area contributed by atoms with Crippen LogP contribution in [0.15, 0.2) is 0 Å². The van der Waals surface area contributed by atoms with E-state index in [1.54, 1.807) is 0 Å². The average Bonchev–Trinajstić information content (AvgIpc) is 2.23. The number of carboxylic acids is 1. The summed E-state index contributed by atoms with van der Waals surface area (Å²) in [4.78, 5) is 21.7. The number of unbranched alkanes of at least 4 members (excludes halogenated alkanes) is 3. The molecule has 5 heteroatoms. The van der Waals surface area contributed by atoms with Crippen LogP contribution >= 0.6 is 0 Å². The van der Waals surface area contributed by atoms with Gasteiger partial charge in [0.2, 0.25) is 5.91 Å². The van der Waals surface area contributed by atoms with E-state index in [0.717, 1.165) is 25.7 Å². The molecule has 0 unspecified atom stereocenters. The Balaban J connectivity index is 3.33. The molecule has 0 aliphatic rings. The van der Waals surface area contributed by atoms with Crippen molar-refractivity contribution in [2.75, 3.05) is 13.1 Å². The lowest BCUT2D eigenvalue weighted by atomic mass is 10.1. The van der Waals surface area contributed by atoms with E-state index in [1.165, 1.54) is 0 Å². The molecule has 18 heavy (non-hydrogen) atoms. The fourth-order valence-electron chi connectivity index (χ4n) is 1.39. The van der Waals surface area contributed by atoms with Crippen LogP contribution in [0.1, 0.15) is 52.9 Å². The van der Waals surface area contributed by atoms with Crippen LogP contribution in [0.2, 0.25) is 0 Å². The highest BCUT2D eigenvalue weighted by molar-refractivity contribution is 5.78. The molecule has 0 atom stereocenters. The van der Waals surface area contributed by atoms with Crippen molar-refractivity contribution in [3.63, 3.8) is 0 Å². The summed E-state index contributed by atoms with van der Waals surface area (Å²) in [6.45, 7) is 7.05. The van der Waals surface area contributed by atoms with Crippen molar-refractivity contribution in [2.24, 2.45) is 0 Å². The van der Waals surface area contributed by atoms with Gasteiger partial charge in [0.1, 0.15) is 0 Å². The Morgan fingerprint density at radius 3 is 2.22 bits per heavy atom. The summed E-state index contributed by atoms with van der Waals surface area (Å²) in [7, 11) is 0. The normalized spacial score (nSPS) is 11.3. The second-order valence-electron chi connectivity index (χ2n) is 5.51. The molecule has 0 bridgehead atoms. The van der Waals surface area contributed by atoms with E-state index in [9.17, 15) is 9.59 Å². The molecule has 1 amide bonds. The molecule has 0 aromatic rings. The highest BCUT2D eigenvalue weighted by Crippen LogP contribution is 2.02. The number of carbonyl (C=O) groups excluding carboxylic acids is 1. The highest BCUT2D eigenvalue weighted by atomic mass is 16.4. The maximum Gasteiger partial charge on any atom is 0.303 e. The fraction of sp³-hybridized carbons (Fsp3) is 0.846. The van der Waals surface area contributed by atoms with Crippen molar-refractivity contribution < 1.29 is 14.7 Å². The molecule has 0 aromatic carbocycles. The van der Waals surface area contributed by atoms with Gasteiger partial charge in [-0.2, -0.15) is 0 Å². The summed E-state index contributed by atoms with van der Waals surface area (Å²) >= 11 is 0. The third kappa shape index (κ3) is 13.0. The van der Waals surface area contributed by atoms with Gasteiger partial charge in [0.25, 0.3) is 0 Å². The van der Waals surface area contributed by atoms with Crippen LogP contribution in [0.5, 0.6) is 0 Å². The predicted octanol–water partition coefficient (Wildman–Crippen LogP) is 1.53. The van der Waals surface area contributed by atoms with Crippen molar-refractivity contribution in [1.82, 2.24) is 10.6 Å². The van der Waals surface area contributed by atoms with Gasteiger partial charge in [-0.25, -0.2) is 0 Å². The van der Waals surface area contributed by atoms with Gasteiger partial charge in [0.15, 0.2) is 0 Å². The largest absolute Gasteiger partial charge is 0.481 e. The van der Waals surface area contributed by atoms with Crippen LogP contribution in [0.4, 0.5) is 0 Å². The Kier molecular flexibility index (Phi) is 8.37. The lowest BCUT2D eigenvalue weighted by Gasteiger charge is -2.19. The van der Waals surface area contributed by atoms with E-state index in [2.05, 4.69) is 10.6 Å². The van der Waals surface area contributed by atoms with Crippen LogP contribution < -0.4 is 10.6 Å². The number of hydrogen-bond acceptors (Lipinski definition) is 3. The van der Waals surface area contributed by atoms with Crippen molar-refractivity contribution in [3.05, 3.63) is 0 Å². The number of hydrogen-bond donors (Lipinski definition) is 3. The molecule has 3 N–H and O–H groups in total. The standard InChI is InChI=1S/C13H26N2O3/c1-13(2,3)15-10-11(16)14-9-7-5-4-6-8-12(17)18/h15H,4-10H2,1-3H3,(H,14,16)(H,17,18). The summed E-state index contributed by atoms with van der Waals surface area (Å²) in [6.07, 6.45) is 3.72. The van der Waals surface area contributed by atoms with Crippen LogP contribution in [0.3, 0.4) is 0 Å². The summed E-state index contributed by atoms with van der Waals surface area (Å²) in [5.74, 6) is -0.730. The van der Waals surface area contributed by atoms with E-state index >= 15 is 0 Å². The van der Waals surface area contributed by atoms with Gasteiger partial charge in [-0.3, -0.25) is 9.59 Å². The van der Waals surface area contributed by atoms with Gasteiger partial charge in [0, 0.05) is 18.5 Å². The number of carbonyl (C=O) groups is 2. The van der Waals surface area contributed by atoms with E-state index in [0.29, 0.717) is 13.1 Å². The third-order valence-electron chi connectivity index (χ3n) is 2.42. The maximum absolute atomic E-state index is 11.4. The first kappa shape index (κ1) is 16.9. The summed E-state index contributed by atoms with van der Waals surface area (Å²) in [6, 6.07) is 0. The van der Waals surface area contributed by atoms with Crippen molar-refractivity contribution in [3.8, 4) is 0 Å². The van der Waals surface area contributed by atoms with Crippen LogP contribution in [-0.2, 0) is 9.59 Å². The van der Waals surface area contributed by atoms with Gasteiger partial charge in [0.05, 0.1) is 6.54 Å². The van der Waals surface area contributed by atoms with E-state index in [4.69, 9.17) is 5.11 Å². The van der Waals surface area contributed by atoms with Gasteiger partial charge in [-0.05, 0) is 33.6 Å². The molecule has 5 nitrogen and oxygen atoms in total. The lowest BCUT2D eigenvalue weighted by molar-refractivity contribution is -0.137. The molecule has 106 valence electrons. The van der Waals surface area contributed by atoms with Crippen molar-refractivity contribution in [2.45, 2.75) is 58.4 Å². The molecule has 0 radical (unpaired) electrons. The molecule has 0 saturated heterocycles. The SMILES string of the molecule is CC(C)(C)NCC(=O)NCCCCCCC(=O)O. The monoisotopic (exact) mass is 258 g/mol. The predicted molar refractivity (Wildman–Crippen MR) is 71.5 cm³/mol. The zero-order valence-corrected chi connectivity index (χ0v) is 11.7. The van der Waals surface area contributed by atoms with Crippen molar-refractivity contribution in [1.29, 1.82) is 0 Å². The second-order valence-corrected chi connectivity index (χ2v) is 5.51. The maximum atomic E-state index is 11.4. The van der Waals surface area contributed by atoms with Crippen LogP contribution in [0.25, 0.3) is 0 Å². The van der Waals surface area contributed by atoms with E-state index < -0.39 is 5.97 Å². The van der Waals surface area contributed by atoms with Crippen LogP contribution in [-0.4, -0.2) is 35.6 Å². The molecule has 0 spiro atoms. The first-order valence-electron chi connectivity index (χ1n) is 6.55. The summed E-state index contributed by atoms with van der Waals surface area (Å²) < 4.78 is 0. The minimum Gasteiger partial charge on any atom is -0.481 e. The average molecular weight is 258 g/mol. The molecular weight excluding hydrogens is 232 g/mol. The number of amides is 1. The number of nitrogens with one attached hydrogen (secondary N) is 2. The Bertz CT molecular complexity index is 259. The molecule has 0 rings (SSSR count). The van der Waals surface area contributed by atoms with Gasteiger partial charge in [-0.15, -0.1) is 0 Å². The zero-order chi connectivity index (χ0) is 14.0. The first-order valence-corrected chi connectivity index (χ1v) is 6.55. The number of rotatable bonds is 9. The summed E-state index contributed by atoms with van der Waals surface area (Å²) in [5, 5.41) is 14.4. The molecule has 0 heterocycles. The van der Waals surface area contributed by atoms with E-state index in [-0.39, 0.29) is 17.9 Å². The second kappa shape index (κ2) is 8.91. The smallest absolute Gasteiger partial charge is 0.303 e. The number of carboxylic acid groups (broad SMARTS) is 1. The van der Waals surface area contributed by atoms with Gasteiger partial charge >= 0.3 is 5.97 Å². The Labute approximate surface area is 109 Å². The van der Waals surface area contributed by atoms with Crippen molar-refractivity contribution >= 4 is 11.9 Å². The fourth-order valence-corrected chi connectivity index (χ4v) is 1.39. The topological polar surface area (TPSA) is 78.4 Å². The zero-order valence-electron chi connectivity index (χ0n) is 11.7. The molecule has 0 aliphatic heterocycles. The Morgan fingerprint density at radius 2 is 1.67 bits per heavy atom. The van der Waals surface area contributed by atoms with Gasteiger partial charge < -0.3 is 15.7 Å². The lowest BCUT2D eigenvalue weighted by Crippen LogP contribution is -2.43.